The average molecular weight is 454 g/mol. The van der Waals surface area contributed by atoms with Crippen molar-refractivity contribution in [1.29, 1.82) is 0 Å². The molecular weight excluding hydrogens is 426 g/mol. The average Bonchev–Trinajstić information content (AvgIpc) is 3.48. The number of hydrogen-bond donors (Lipinski definition) is 3. The number of nitrogens with zero attached hydrogens (tertiary/aromatic N) is 5. The third kappa shape index (κ3) is 4.87. The first-order valence-corrected chi connectivity index (χ1v) is 10.8. The van der Waals surface area contributed by atoms with Crippen LogP contribution in [0, 0.1) is 18.8 Å². The van der Waals surface area contributed by atoms with Crippen LogP contribution in [-0.4, -0.2) is 69.9 Å². The van der Waals surface area contributed by atoms with Gasteiger partial charge in [0, 0.05) is 44.6 Å². The Morgan fingerprint density at radius 1 is 1.27 bits per heavy atom. The van der Waals surface area contributed by atoms with Crippen molar-refractivity contribution in [3.63, 3.8) is 0 Å². The molecule has 5 heterocycles. The van der Waals surface area contributed by atoms with Gasteiger partial charge < -0.3 is 29.8 Å². The molecule has 2 saturated heterocycles. The zero-order valence-electron chi connectivity index (χ0n) is 18.6. The Bertz CT molecular complexity index is 1120. The van der Waals surface area contributed by atoms with E-state index in [0.717, 1.165) is 43.3 Å². The first-order chi connectivity index (χ1) is 16.0. The van der Waals surface area contributed by atoms with Gasteiger partial charge in [-0.2, -0.15) is 0 Å². The summed E-state index contributed by atoms with van der Waals surface area (Å²) in [6, 6.07) is 5.50. The highest BCUT2D eigenvalue weighted by atomic mass is 16.5. The van der Waals surface area contributed by atoms with Crippen LogP contribution in [0.25, 0.3) is 5.65 Å². The Labute approximate surface area is 190 Å². The van der Waals surface area contributed by atoms with E-state index < -0.39 is 0 Å². The number of hydrogen-bond acceptors (Lipinski definition) is 8. The molecule has 11 nitrogen and oxygen atoms in total. The second kappa shape index (κ2) is 9.82. The molecule has 0 aromatic carbocycles. The number of anilines is 2. The van der Waals surface area contributed by atoms with E-state index >= 15 is 0 Å². The van der Waals surface area contributed by atoms with Crippen LogP contribution in [-0.2, 0) is 4.79 Å². The van der Waals surface area contributed by atoms with Crippen molar-refractivity contribution >= 4 is 29.7 Å². The van der Waals surface area contributed by atoms with Crippen LogP contribution in [0.3, 0.4) is 0 Å². The second-order valence-electron chi connectivity index (χ2n) is 8.05. The summed E-state index contributed by atoms with van der Waals surface area (Å²) in [6.45, 7) is 8.15. The van der Waals surface area contributed by atoms with E-state index in [-0.39, 0.29) is 12.4 Å². The SMILES string of the molecule is CCOc1cc2nc(C)cn2cc1C(=O)Nc1ccc(N2CC3CNCC3C2)nn1.O=CO. The molecule has 174 valence electrons. The minimum absolute atomic E-state index is 0.250. The van der Waals surface area contributed by atoms with E-state index in [1.54, 1.807) is 18.3 Å². The molecule has 0 saturated carbocycles. The predicted molar refractivity (Wildman–Crippen MR) is 122 cm³/mol. The summed E-state index contributed by atoms with van der Waals surface area (Å²) in [5.74, 6) is 2.84. The molecule has 3 aromatic heterocycles. The van der Waals surface area contributed by atoms with Gasteiger partial charge in [-0.25, -0.2) is 4.98 Å². The smallest absolute Gasteiger partial charge is 0.290 e. The maximum Gasteiger partial charge on any atom is 0.290 e. The summed E-state index contributed by atoms with van der Waals surface area (Å²) in [4.78, 5) is 28.0. The van der Waals surface area contributed by atoms with Crippen LogP contribution < -0.4 is 20.3 Å². The van der Waals surface area contributed by atoms with Gasteiger partial charge in [-0.1, -0.05) is 0 Å². The minimum atomic E-state index is -0.296. The van der Waals surface area contributed by atoms with E-state index in [4.69, 9.17) is 14.6 Å². The molecule has 1 amide bonds. The van der Waals surface area contributed by atoms with E-state index in [0.29, 0.717) is 35.6 Å². The van der Waals surface area contributed by atoms with Crippen LogP contribution >= 0.6 is 0 Å². The standard InChI is InChI=1S/C21H25N7O2.CH2O2/c1-3-30-17-6-20-23-13(2)9-27(20)12-16(17)21(29)24-18-4-5-19(26-25-18)28-10-14-7-22-8-15(14)11-28;2-1-3/h4-6,9,12,14-15,22H,3,7-8,10-11H2,1-2H3,(H,24,25,29);1H,(H,2,3). The van der Waals surface area contributed by atoms with Gasteiger partial charge in [-0.15, -0.1) is 10.2 Å². The summed E-state index contributed by atoms with van der Waals surface area (Å²) in [7, 11) is 0. The van der Waals surface area contributed by atoms with Gasteiger partial charge in [0.2, 0.25) is 0 Å². The maximum absolute atomic E-state index is 12.9. The van der Waals surface area contributed by atoms with Gasteiger partial charge >= 0.3 is 0 Å². The number of carboxylic acid groups (broad SMARTS) is 1. The topological polar surface area (TPSA) is 134 Å². The van der Waals surface area contributed by atoms with E-state index in [1.165, 1.54) is 0 Å². The Morgan fingerprint density at radius 2 is 2.00 bits per heavy atom. The van der Waals surface area contributed by atoms with Gasteiger partial charge in [0.05, 0.1) is 17.9 Å². The van der Waals surface area contributed by atoms with Crippen LogP contribution in [0.15, 0.2) is 30.6 Å². The molecule has 33 heavy (non-hydrogen) atoms. The van der Waals surface area contributed by atoms with Crippen molar-refractivity contribution in [1.82, 2.24) is 24.9 Å². The fraction of sp³-hybridized carbons (Fsp3) is 0.409. The number of carbonyl (C=O) groups excluding carboxylic acids is 1. The summed E-state index contributed by atoms with van der Waals surface area (Å²) in [6.07, 6.45) is 3.60. The molecule has 2 fully saturated rings. The van der Waals surface area contributed by atoms with Crippen molar-refractivity contribution in [2.75, 3.05) is 43.0 Å². The molecule has 0 radical (unpaired) electrons. The molecule has 3 aromatic rings. The molecule has 5 rings (SSSR count). The van der Waals surface area contributed by atoms with Crippen molar-refractivity contribution in [2.24, 2.45) is 11.8 Å². The van der Waals surface area contributed by atoms with E-state index in [2.05, 4.69) is 30.7 Å². The lowest BCUT2D eigenvalue weighted by Gasteiger charge is -2.18. The fourth-order valence-corrected chi connectivity index (χ4v) is 4.37. The first-order valence-electron chi connectivity index (χ1n) is 10.8. The normalized spacial score (nSPS) is 19.0. The maximum atomic E-state index is 12.9. The highest BCUT2D eigenvalue weighted by Crippen LogP contribution is 2.29. The molecule has 11 heteroatoms. The molecule has 2 aliphatic rings. The summed E-state index contributed by atoms with van der Waals surface area (Å²) in [5.41, 5.74) is 2.04. The third-order valence-electron chi connectivity index (χ3n) is 5.83. The van der Waals surface area contributed by atoms with E-state index in [1.807, 2.05) is 30.5 Å². The number of pyridine rings is 1. The molecule has 2 atom stereocenters. The van der Waals surface area contributed by atoms with Crippen molar-refractivity contribution < 1.29 is 19.4 Å². The molecule has 2 aliphatic heterocycles. The highest BCUT2D eigenvalue weighted by molar-refractivity contribution is 6.05. The van der Waals surface area contributed by atoms with Gasteiger partial charge in [-0.3, -0.25) is 9.59 Å². The number of aromatic nitrogens is 4. The number of ether oxygens (including phenoxy) is 1. The number of imidazole rings is 1. The van der Waals surface area contributed by atoms with Crippen molar-refractivity contribution in [3.8, 4) is 5.75 Å². The van der Waals surface area contributed by atoms with Crippen LogP contribution in [0.4, 0.5) is 11.6 Å². The number of aryl methyl sites for hydroxylation is 1. The lowest BCUT2D eigenvalue weighted by atomic mass is 10.0. The Balaban J connectivity index is 0.000000821. The minimum Gasteiger partial charge on any atom is -0.493 e. The Kier molecular flexibility index (Phi) is 6.68. The van der Waals surface area contributed by atoms with Crippen LogP contribution in [0.1, 0.15) is 23.0 Å². The summed E-state index contributed by atoms with van der Waals surface area (Å²) < 4.78 is 7.49. The van der Waals surface area contributed by atoms with Crippen LogP contribution in [0.5, 0.6) is 5.75 Å². The van der Waals surface area contributed by atoms with E-state index in [9.17, 15) is 4.79 Å². The number of rotatable bonds is 5. The summed E-state index contributed by atoms with van der Waals surface area (Å²) >= 11 is 0. The lowest BCUT2D eigenvalue weighted by Crippen LogP contribution is -2.26. The number of amides is 1. The Morgan fingerprint density at radius 3 is 2.64 bits per heavy atom. The van der Waals surface area contributed by atoms with Crippen molar-refractivity contribution in [2.45, 2.75) is 13.8 Å². The van der Waals surface area contributed by atoms with Gasteiger partial charge in [-0.05, 0) is 37.8 Å². The largest absolute Gasteiger partial charge is 0.493 e. The number of carbonyl (C=O) groups is 2. The molecule has 0 bridgehead atoms. The number of fused-ring (bicyclic) bond motifs is 2. The van der Waals surface area contributed by atoms with Gasteiger partial charge in [0.25, 0.3) is 12.4 Å². The number of nitrogens with one attached hydrogen (secondary N) is 2. The second-order valence-corrected chi connectivity index (χ2v) is 8.05. The molecule has 0 spiro atoms. The molecule has 0 aliphatic carbocycles. The third-order valence-corrected chi connectivity index (χ3v) is 5.83. The first kappa shape index (κ1) is 22.5. The fourth-order valence-electron chi connectivity index (χ4n) is 4.37. The highest BCUT2D eigenvalue weighted by Gasteiger charge is 2.36. The van der Waals surface area contributed by atoms with Gasteiger partial charge in [0.1, 0.15) is 11.4 Å². The quantitative estimate of drug-likeness (QED) is 0.491. The molecule has 3 N–H and O–H groups in total. The monoisotopic (exact) mass is 453 g/mol. The molecular formula is C22H27N7O4. The molecule has 2 unspecified atom stereocenters. The predicted octanol–water partition coefficient (Wildman–Crippen LogP) is 1.44. The summed E-state index contributed by atoms with van der Waals surface area (Å²) in [5, 5.41) is 21.7. The zero-order chi connectivity index (χ0) is 23.4. The zero-order valence-corrected chi connectivity index (χ0v) is 18.6. The Hall–Kier alpha value is -3.73. The van der Waals surface area contributed by atoms with Crippen LogP contribution in [0.2, 0.25) is 0 Å². The van der Waals surface area contributed by atoms with Crippen molar-refractivity contribution in [3.05, 3.63) is 41.9 Å². The lowest BCUT2D eigenvalue weighted by molar-refractivity contribution is -0.122. The van der Waals surface area contributed by atoms with Gasteiger partial charge in [0.15, 0.2) is 11.6 Å².